The Morgan fingerprint density at radius 1 is 0.542 bits per heavy atom. The van der Waals surface area contributed by atoms with Crippen molar-refractivity contribution in [2.24, 2.45) is 0 Å². The monoisotopic (exact) mass is 1380 g/mol. The molecule has 0 saturated heterocycles. The van der Waals surface area contributed by atoms with Crippen LogP contribution in [0.2, 0.25) is 0 Å². The molecule has 2 heterocycles. The molecule has 10 rings (SSSR count). The number of amides is 2. The fraction of sp³-hybridized carbons (Fsp3) is 0.378. The molecule has 22 heteroatoms. The van der Waals surface area contributed by atoms with Gasteiger partial charge in [0.2, 0.25) is 11.8 Å². The second-order valence-corrected chi connectivity index (χ2v) is 24.2. The van der Waals surface area contributed by atoms with Gasteiger partial charge in [-0.15, -0.1) is 0 Å². The molecule has 0 atom stereocenters. The van der Waals surface area contributed by atoms with Gasteiger partial charge in [-0.3, -0.25) is 19.2 Å². The van der Waals surface area contributed by atoms with Crippen LogP contribution in [0.3, 0.4) is 0 Å². The summed E-state index contributed by atoms with van der Waals surface area (Å²) in [5, 5.41) is 0.220. The van der Waals surface area contributed by atoms with Crippen molar-refractivity contribution in [3.8, 4) is 22.3 Å². The molecule has 6 aromatic carbocycles. The molecule has 0 bridgehead atoms. The molecule has 2 aliphatic rings. The second kappa shape index (κ2) is 32.9. The third-order valence-electron chi connectivity index (χ3n) is 15.9. The van der Waals surface area contributed by atoms with Crippen LogP contribution in [0.1, 0.15) is 129 Å². The van der Waals surface area contributed by atoms with E-state index in [-0.39, 0.29) is 91.3 Å². The number of nitrogens with zero attached hydrogens (tertiary/aromatic N) is 8. The van der Waals surface area contributed by atoms with E-state index in [0.717, 1.165) is 92.3 Å². The minimum Gasteiger partial charge on any atom is -0.336 e. The zero-order chi connectivity index (χ0) is 83.0. The number of halogens is 8. The van der Waals surface area contributed by atoms with Crippen LogP contribution in [-0.4, -0.2) is 103 Å². The summed E-state index contributed by atoms with van der Waals surface area (Å²) in [5.74, 6) is -2.49. The van der Waals surface area contributed by atoms with Crippen LogP contribution in [0, 0.1) is 25.5 Å². The summed E-state index contributed by atoms with van der Waals surface area (Å²) >= 11 is 2.18. The standard InChI is InChI=1S/2C37H40F4N4O2S/c2*1-4-43(5-2)19-20-44(22-27-11-18-31(25(3)21-27)28-12-14-29(15-13-28)37(39,40)41)34(46)23-45-33-8-6-7-32(33)35(47)42-36(45)48-24-26-9-16-30(38)17-10-26/h2*9-18,21H,4-8,19-20,22-24H2,1-3H3/i11D,18D,19D2,20D2,21D,22D2;4D2,11D,18D,19D2,21D. The molecular weight excluding hydrogens is 1280 g/mol. The topological polar surface area (TPSA) is 117 Å². The van der Waals surface area contributed by atoms with Gasteiger partial charge < -0.3 is 28.7 Å². The molecule has 12 nitrogen and oxygen atoms in total. The van der Waals surface area contributed by atoms with Crippen molar-refractivity contribution >= 4 is 35.3 Å². The Hall–Kier alpha value is -7.92. The van der Waals surface area contributed by atoms with Gasteiger partial charge in [0.15, 0.2) is 10.3 Å². The van der Waals surface area contributed by atoms with Gasteiger partial charge in [0.05, 0.1) is 24.8 Å². The van der Waals surface area contributed by atoms with E-state index < -0.39 is 152 Å². The number of likely N-dealkylation sites (N-methyl/N-ethyl adjacent to an activating group) is 2. The van der Waals surface area contributed by atoms with E-state index in [1.165, 1.54) is 75.6 Å². The van der Waals surface area contributed by atoms with Gasteiger partial charge in [0, 0.05) is 81.3 Å². The molecule has 0 radical (unpaired) electrons. The average molecular weight is 1380 g/mol. The first-order chi connectivity index (χ1) is 52.1. The molecule has 0 saturated carbocycles. The third kappa shape index (κ3) is 18.8. The first-order valence-electron chi connectivity index (χ1n) is 38.8. The molecule has 96 heavy (non-hydrogen) atoms. The number of fused-ring (bicyclic) bond motifs is 2. The molecule has 8 aromatic rings. The van der Waals surface area contributed by atoms with Gasteiger partial charge in [-0.05, 0) is 183 Å². The van der Waals surface area contributed by atoms with E-state index in [9.17, 15) is 59.8 Å². The van der Waals surface area contributed by atoms with Crippen LogP contribution < -0.4 is 11.1 Å². The number of alkyl halides is 6. The number of carbonyl (C=O) groups excluding carboxylic acids is 2. The van der Waals surface area contributed by atoms with Crippen LogP contribution in [0.15, 0.2) is 153 Å². The maximum absolute atomic E-state index is 14.8. The van der Waals surface area contributed by atoms with E-state index >= 15 is 0 Å². The minimum atomic E-state index is -4.67. The zero-order valence-electron chi connectivity index (χ0n) is 69.4. The van der Waals surface area contributed by atoms with Crippen molar-refractivity contribution < 1.29 is 66.6 Å². The SMILES string of the molecule is [2H]c1c([2H])c(-c2ccc(C(F)(F)F)cc2)c(C)c([2H])c1CN(CC([2H])([2H])N(CC)C([2H])([2H])C)C(=O)Cn1c(SCc2ccc(F)cc2)nc(=O)c2c1CCC2.[2H]c1c([2H])c(C([2H])([2H])N(C(=O)Cn2c(SCc3ccc(F)cc3)nc(=O)c3c2CCC3)C([2H])([2H])C([2H])([2H])N(CC)CC)c([2H])c(C)c1-c1ccc(C(F)(F)F)cc1. The Kier molecular flexibility index (Phi) is 18.2. The lowest BCUT2D eigenvalue weighted by molar-refractivity contribution is -0.138. The Balaban J connectivity index is 0.000000257. The van der Waals surface area contributed by atoms with Gasteiger partial charge >= 0.3 is 12.4 Å². The molecule has 0 unspecified atom stereocenters. The molecule has 2 aromatic heterocycles. The van der Waals surface area contributed by atoms with Gasteiger partial charge in [0.1, 0.15) is 24.7 Å². The number of carbonyl (C=O) groups is 2. The van der Waals surface area contributed by atoms with E-state index in [0.29, 0.717) is 66.6 Å². The predicted octanol–water partition coefficient (Wildman–Crippen LogP) is 15.1. The molecule has 0 N–H and O–H groups in total. The Morgan fingerprint density at radius 3 is 1.40 bits per heavy atom. The highest BCUT2D eigenvalue weighted by Crippen LogP contribution is 2.35. The molecule has 2 aliphatic carbocycles. The Bertz CT molecular complexity index is 4900. The molecule has 2 amide bonds. The van der Waals surface area contributed by atoms with Crippen LogP contribution in [0.25, 0.3) is 22.3 Å². The summed E-state index contributed by atoms with van der Waals surface area (Å²) in [6.07, 6.45) is -6.56. The van der Waals surface area contributed by atoms with Crippen molar-refractivity contribution in [3.05, 3.63) is 233 Å². The predicted molar refractivity (Wildman–Crippen MR) is 363 cm³/mol. The van der Waals surface area contributed by atoms with E-state index in [1.807, 2.05) is 0 Å². The lowest BCUT2D eigenvalue weighted by Crippen LogP contribution is -2.40. The number of aromatic nitrogens is 4. The second-order valence-electron chi connectivity index (χ2n) is 22.3. The quantitative estimate of drug-likeness (QED) is 0.0295. The molecular formula is C74H80F8N8O4S2. The van der Waals surface area contributed by atoms with Crippen molar-refractivity contribution in [2.45, 2.75) is 140 Å². The average Bonchev–Trinajstić information content (AvgIpc) is 0.814. The number of rotatable bonds is 26. The minimum absolute atomic E-state index is 0.00822. The number of hydrogen-bond donors (Lipinski definition) is 0. The molecule has 0 spiro atoms. The summed E-state index contributed by atoms with van der Waals surface area (Å²) in [5.41, 5.74) is -0.697. The van der Waals surface area contributed by atoms with Crippen molar-refractivity contribution in [3.63, 3.8) is 0 Å². The largest absolute Gasteiger partial charge is 0.416 e. The molecule has 0 fully saturated rings. The highest BCUT2D eigenvalue weighted by atomic mass is 32.2. The van der Waals surface area contributed by atoms with Crippen molar-refractivity contribution in [2.75, 3.05) is 52.2 Å². The highest BCUT2D eigenvalue weighted by molar-refractivity contribution is 7.98. The maximum Gasteiger partial charge on any atom is 0.416 e. The zero-order valence-corrected chi connectivity index (χ0v) is 55.0. The summed E-state index contributed by atoms with van der Waals surface area (Å²) in [7, 11) is 0. The fourth-order valence-corrected chi connectivity index (χ4v) is 12.7. The van der Waals surface area contributed by atoms with Gasteiger partial charge in [-0.25, -0.2) is 8.78 Å². The number of benzene rings is 6. The smallest absolute Gasteiger partial charge is 0.336 e. The normalized spacial score (nSPS) is 16.0. The summed E-state index contributed by atoms with van der Waals surface area (Å²) in [6, 6.07) is 15.3. The van der Waals surface area contributed by atoms with E-state index in [1.54, 1.807) is 23.6 Å². The first kappa shape index (κ1) is 53.2. The van der Waals surface area contributed by atoms with Crippen molar-refractivity contribution in [1.82, 2.24) is 38.7 Å². The molecule has 508 valence electrons. The van der Waals surface area contributed by atoms with Crippen LogP contribution in [-0.2, 0) is 85.3 Å². The third-order valence-corrected chi connectivity index (χ3v) is 18.0. The first-order valence-corrected chi connectivity index (χ1v) is 32.8. The highest BCUT2D eigenvalue weighted by Gasteiger charge is 2.32. The Morgan fingerprint density at radius 2 is 0.969 bits per heavy atom. The summed E-state index contributed by atoms with van der Waals surface area (Å²) in [6.45, 7) is -8.95. The van der Waals surface area contributed by atoms with E-state index in [4.69, 9.17) is 16.4 Å². The van der Waals surface area contributed by atoms with E-state index in [2.05, 4.69) is 9.97 Å². The summed E-state index contributed by atoms with van der Waals surface area (Å²) < 4.78 is 253. The number of hydrogen-bond acceptors (Lipinski definition) is 10. The van der Waals surface area contributed by atoms with Crippen LogP contribution in [0.4, 0.5) is 35.1 Å². The van der Waals surface area contributed by atoms with Crippen LogP contribution in [0.5, 0.6) is 0 Å². The lowest BCUT2D eigenvalue weighted by atomic mass is 9.97. The van der Waals surface area contributed by atoms with Gasteiger partial charge in [0.25, 0.3) is 11.1 Å². The Labute approximate surface area is 586 Å². The maximum atomic E-state index is 14.8. The number of thioether (sulfide) groups is 2. The summed E-state index contributed by atoms with van der Waals surface area (Å²) in [4.78, 5) is 66.9. The molecule has 0 aliphatic heterocycles. The lowest BCUT2D eigenvalue weighted by Gasteiger charge is -2.28. The van der Waals surface area contributed by atoms with Crippen molar-refractivity contribution in [1.29, 1.82) is 0 Å². The van der Waals surface area contributed by atoms with Gasteiger partial charge in [-0.2, -0.15) is 36.3 Å². The van der Waals surface area contributed by atoms with Gasteiger partial charge in [-0.1, -0.05) is 136 Å². The fourth-order valence-electron chi connectivity index (χ4n) is 10.7. The van der Waals surface area contributed by atoms with Crippen LogP contribution >= 0.6 is 23.5 Å².